The molecule has 0 amide bonds. The van der Waals surface area contributed by atoms with Crippen LogP contribution in [0, 0.1) is 0 Å². The Morgan fingerprint density at radius 1 is 0.210 bits per heavy atom. The third-order valence-electron chi connectivity index (χ3n) is 12.9. The molecule has 62 heavy (non-hydrogen) atoms. The minimum atomic E-state index is 1.25. The van der Waals surface area contributed by atoms with Crippen molar-refractivity contribution in [1.82, 2.24) is 0 Å². The van der Waals surface area contributed by atoms with Crippen molar-refractivity contribution in [2.45, 2.75) is 0 Å². The lowest BCUT2D eigenvalue weighted by Gasteiger charge is -2.17. The van der Waals surface area contributed by atoms with E-state index in [9.17, 15) is 0 Å². The summed E-state index contributed by atoms with van der Waals surface area (Å²) in [6, 6.07) is 67.1. The lowest BCUT2D eigenvalue weighted by Crippen LogP contribution is -1.90. The number of hydrogen-bond donors (Lipinski definition) is 0. The molecule has 10 aromatic carbocycles. The highest BCUT2D eigenvalue weighted by atomic mass is 32.1. The van der Waals surface area contributed by atoms with Gasteiger partial charge < -0.3 is 0 Å². The van der Waals surface area contributed by atoms with Crippen LogP contribution >= 0.6 is 45.3 Å². The van der Waals surface area contributed by atoms with E-state index in [-0.39, 0.29) is 0 Å². The summed E-state index contributed by atoms with van der Waals surface area (Å²) in [6.45, 7) is 0. The predicted octanol–water partition coefficient (Wildman–Crippen LogP) is 18.9. The Labute approximate surface area is 373 Å². The minimum Gasteiger partial charge on any atom is -0.142 e. The van der Waals surface area contributed by atoms with Crippen LogP contribution in [0.25, 0.3) is 138 Å². The lowest BCUT2D eigenvalue weighted by molar-refractivity contribution is 1.65. The number of fused-ring (bicyclic) bond motifs is 1. The Kier molecular flexibility index (Phi) is 7.57. The quantitative estimate of drug-likeness (QED) is 0.156. The first kappa shape index (κ1) is 35.0. The molecule has 0 saturated heterocycles. The predicted molar refractivity (Wildman–Crippen MR) is 275 cm³/mol. The summed E-state index contributed by atoms with van der Waals surface area (Å²) in [4.78, 5) is 0. The van der Waals surface area contributed by atoms with E-state index in [0.717, 1.165) is 0 Å². The van der Waals surface area contributed by atoms with Crippen molar-refractivity contribution in [3.8, 4) is 66.8 Å². The molecular formula is C58H32S4. The van der Waals surface area contributed by atoms with Gasteiger partial charge in [-0.25, -0.2) is 0 Å². The van der Waals surface area contributed by atoms with Crippen LogP contribution in [-0.2, 0) is 0 Å². The zero-order chi connectivity index (χ0) is 40.5. The standard InChI is InChI=1S/C58H32S4/c1-7-19-33(20-8-1)41-43(35-23-11-3-12-24-35)55-49-47-39(31-59-53(41)47)40-32-60-54-42(34-21-9-2-10-22-34)44(36-25-13-4-14-26-36)56-50(48(40)54)52-51(49)57(61-55)45(37-27-15-5-16-28-37)46(58(52)62-56)38-29-17-6-18-30-38/h1-32H. The van der Waals surface area contributed by atoms with E-state index in [1.165, 1.54) is 138 Å². The Bertz CT molecular complexity index is 3710. The molecule has 4 aromatic heterocycles. The first-order chi connectivity index (χ1) is 30.8. The molecule has 14 aromatic rings. The van der Waals surface area contributed by atoms with Crippen molar-refractivity contribution in [3.63, 3.8) is 0 Å². The number of thiophene rings is 4. The van der Waals surface area contributed by atoms with Crippen molar-refractivity contribution < 1.29 is 0 Å². The maximum absolute atomic E-state index is 2.49. The molecule has 0 saturated carbocycles. The smallest absolute Gasteiger partial charge is 0.0447 e. The monoisotopic (exact) mass is 856 g/mol. The Hall–Kier alpha value is -6.66. The van der Waals surface area contributed by atoms with Gasteiger partial charge in [-0.3, -0.25) is 0 Å². The maximum Gasteiger partial charge on any atom is 0.0447 e. The summed E-state index contributed by atoms with van der Waals surface area (Å²) in [6.07, 6.45) is 0. The van der Waals surface area contributed by atoms with E-state index in [1.54, 1.807) is 0 Å². The van der Waals surface area contributed by atoms with Gasteiger partial charge in [0.25, 0.3) is 0 Å². The average Bonchev–Trinajstić information content (AvgIpc) is 4.14. The minimum absolute atomic E-state index is 1.25. The highest BCUT2D eigenvalue weighted by molar-refractivity contribution is 7.30. The molecule has 0 radical (unpaired) electrons. The lowest BCUT2D eigenvalue weighted by atomic mass is 9.84. The zero-order valence-electron chi connectivity index (χ0n) is 33.1. The van der Waals surface area contributed by atoms with E-state index in [4.69, 9.17) is 0 Å². The molecule has 0 atom stereocenters. The second kappa shape index (κ2) is 13.4. The highest BCUT2D eigenvalue weighted by Gasteiger charge is 2.33. The zero-order valence-corrected chi connectivity index (χ0v) is 36.4. The summed E-state index contributed by atoms with van der Waals surface area (Å²) in [5, 5.41) is 16.0. The molecule has 0 spiro atoms. The molecule has 4 heterocycles. The summed E-state index contributed by atoms with van der Waals surface area (Å²) in [5.74, 6) is 0. The van der Waals surface area contributed by atoms with Gasteiger partial charge in [0.15, 0.2) is 0 Å². The molecule has 0 N–H and O–H groups in total. The molecule has 0 aliphatic heterocycles. The van der Waals surface area contributed by atoms with Crippen molar-refractivity contribution in [2.75, 3.05) is 0 Å². The van der Waals surface area contributed by atoms with E-state index >= 15 is 0 Å². The molecule has 4 heteroatoms. The Morgan fingerprint density at radius 2 is 0.419 bits per heavy atom. The van der Waals surface area contributed by atoms with E-state index in [0.29, 0.717) is 0 Å². The summed E-state index contributed by atoms with van der Waals surface area (Å²) in [7, 11) is 0. The first-order valence-corrected chi connectivity index (χ1v) is 24.4. The largest absolute Gasteiger partial charge is 0.142 e. The maximum atomic E-state index is 2.49. The van der Waals surface area contributed by atoms with Crippen LogP contribution in [0.15, 0.2) is 193 Å². The summed E-state index contributed by atoms with van der Waals surface area (Å²) in [5.41, 5.74) is 15.5. The molecule has 0 fully saturated rings. The van der Waals surface area contributed by atoms with Crippen LogP contribution in [0.2, 0.25) is 0 Å². The van der Waals surface area contributed by atoms with Gasteiger partial charge in [-0.05, 0) is 44.1 Å². The van der Waals surface area contributed by atoms with Gasteiger partial charge in [-0.15, -0.1) is 45.3 Å². The van der Waals surface area contributed by atoms with Gasteiger partial charge >= 0.3 is 0 Å². The number of benzene rings is 9. The average molecular weight is 857 g/mol. The van der Waals surface area contributed by atoms with Crippen LogP contribution in [0.4, 0.5) is 0 Å². The molecule has 0 aliphatic rings. The summed E-state index contributed by atoms with van der Waals surface area (Å²) < 4.78 is 8.16. The van der Waals surface area contributed by atoms with E-state index in [2.05, 4.69) is 193 Å². The van der Waals surface area contributed by atoms with Crippen molar-refractivity contribution in [3.05, 3.63) is 193 Å². The number of rotatable bonds is 6. The molecule has 14 rings (SSSR count). The molecule has 288 valence electrons. The van der Waals surface area contributed by atoms with E-state index < -0.39 is 0 Å². The second-order valence-electron chi connectivity index (χ2n) is 16.2. The van der Waals surface area contributed by atoms with Crippen molar-refractivity contribution in [2.24, 2.45) is 0 Å². The van der Waals surface area contributed by atoms with Gasteiger partial charge in [-0.1, -0.05) is 182 Å². The highest BCUT2D eigenvalue weighted by Crippen LogP contribution is 2.63. The molecule has 0 aliphatic carbocycles. The molecular weight excluding hydrogens is 825 g/mol. The van der Waals surface area contributed by atoms with Gasteiger partial charge in [0.2, 0.25) is 0 Å². The van der Waals surface area contributed by atoms with Gasteiger partial charge in [0.1, 0.15) is 0 Å². The third-order valence-corrected chi connectivity index (χ3v) is 17.4. The van der Waals surface area contributed by atoms with E-state index in [1.807, 2.05) is 45.3 Å². The first-order valence-electron chi connectivity index (χ1n) is 21.0. The normalized spacial score (nSPS) is 12.2. The van der Waals surface area contributed by atoms with Crippen molar-refractivity contribution >= 4 is 117 Å². The fourth-order valence-corrected chi connectivity index (χ4v) is 15.7. The SMILES string of the molecule is c1ccc(-c2c(-c3ccccc3)c3sc4c(-c5ccccc5)c(-c5ccccc5)c5sc6c(-c7ccccc7)c(-c7ccccc7)c7scc8c9csc2c9c3c4c5c6c78)cc1. The van der Waals surface area contributed by atoms with Crippen molar-refractivity contribution in [1.29, 1.82) is 0 Å². The van der Waals surface area contributed by atoms with Crippen LogP contribution in [-0.4, -0.2) is 0 Å². The molecule has 0 bridgehead atoms. The third kappa shape index (κ3) is 4.75. The molecule has 0 unspecified atom stereocenters. The Balaban J connectivity index is 1.35. The van der Waals surface area contributed by atoms with Crippen LogP contribution in [0.1, 0.15) is 0 Å². The fourth-order valence-electron chi connectivity index (χ4n) is 10.5. The topological polar surface area (TPSA) is 0 Å². The second-order valence-corrected chi connectivity index (χ2v) is 20.0. The number of hydrogen-bond acceptors (Lipinski definition) is 4. The molecule has 0 nitrogen and oxygen atoms in total. The van der Waals surface area contributed by atoms with Crippen LogP contribution < -0.4 is 0 Å². The summed E-state index contributed by atoms with van der Waals surface area (Å²) >= 11 is 7.86. The van der Waals surface area contributed by atoms with Crippen LogP contribution in [0.3, 0.4) is 0 Å². The van der Waals surface area contributed by atoms with Gasteiger partial charge in [0, 0.05) is 105 Å². The Morgan fingerprint density at radius 3 is 0.661 bits per heavy atom. The fraction of sp³-hybridized carbons (Fsp3) is 0. The van der Waals surface area contributed by atoms with Gasteiger partial charge in [-0.2, -0.15) is 0 Å². The van der Waals surface area contributed by atoms with Crippen LogP contribution in [0.5, 0.6) is 0 Å². The van der Waals surface area contributed by atoms with Gasteiger partial charge in [0.05, 0.1) is 0 Å².